The average molecular weight is 504 g/mol. The largest absolute Gasteiger partial charge is 0.345 e. The predicted octanol–water partition coefficient (Wildman–Crippen LogP) is 6.39. The van der Waals surface area contributed by atoms with Crippen LogP contribution in [0.3, 0.4) is 0 Å². The van der Waals surface area contributed by atoms with Crippen molar-refractivity contribution < 1.29 is 0 Å². The molecule has 1 aliphatic rings. The minimum absolute atomic E-state index is 0.652. The third kappa shape index (κ3) is 3.72. The summed E-state index contributed by atoms with van der Waals surface area (Å²) in [6.07, 6.45) is 3.22. The standard InChI is InChI=1S/C21H14Br2ClN3/c22-18-8-17(9-19(23)11-18)21(26-12-25-13-27-21)16-6-15(7-20(24)10-16)14-4-2-1-3-5-14/h1-13H,(H,25,26,27). The lowest BCUT2D eigenvalue weighted by Crippen LogP contribution is -2.43. The van der Waals surface area contributed by atoms with Gasteiger partial charge in [-0.3, -0.25) is 0 Å². The molecule has 134 valence electrons. The first kappa shape index (κ1) is 18.4. The van der Waals surface area contributed by atoms with E-state index in [2.05, 4.69) is 60.4 Å². The van der Waals surface area contributed by atoms with Crippen LogP contribution < -0.4 is 5.32 Å². The van der Waals surface area contributed by atoms with Crippen molar-refractivity contribution in [2.24, 2.45) is 9.98 Å². The maximum absolute atomic E-state index is 6.50. The molecule has 0 radical (unpaired) electrons. The highest BCUT2D eigenvalue weighted by molar-refractivity contribution is 9.11. The number of hydrogen-bond acceptors (Lipinski definition) is 3. The highest BCUT2D eigenvalue weighted by atomic mass is 79.9. The van der Waals surface area contributed by atoms with Crippen LogP contribution in [0.15, 0.2) is 85.7 Å². The Morgan fingerprint density at radius 3 is 2.19 bits per heavy atom. The molecule has 3 aromatic rings. The number of halogens is 3. The van der Waals surface area contributed by atoms with Crippen molar-refractivity contribution in [2.75, 3.05) is 0 Å². The fourth-order valence-corrected chi connectivity index (χ4v) is 4.69. The highest BCUT2D eigenvalue weighted by Crippen LogP contribution is 2.38. The van der Waals surface area contributed by atoms with Crippen LogP contribution in [0, 0.1) is 0 Å². The van der Waals surface area contributed by atoms with Crippen molar-refractivity contribution in [3.63, 3.8) is 0 Å². The van der Waals surface area contributed by atoms with E-state index in [0.29, 0.717) is 5.02 Å². The summed E-state index contributed by atoms with van der Waals surface area (Å²) in [5.74, 6) is 0. The lowest BCUT2D eigenvalue weighted by molar-refractivity contribution is 0.505. The van der Waals surface area contributed by atoms with E-state index in [-0.39, 0.29) is 0 Å². The molecule has 0 spiro atoms. The summed E-state index contributed by atoms with van der Waals surface area (Å²) >= 11 is 13.6. The quantitative estimate of drug-likeness (QED) is 0.442. The summed E-state index contributed by atoms with van der Waals surface area (Å²) in [7, 11) is 0. The van der Waals surface area contributed by atoms with E-state index in [1.807, 2.05) is 48.5 Å². The Bertz CT molecular complexity index is 1030. The number of nitrogens with one attached hydrogen (secondary N) is 1. The Kier molecular flexibility index (Phi) is 5.17. The summed E-state index contributed by atoms with van der Waals surface area (Å²) in [6, 6.07) is 22.2. The Labute approximate surface area is 179 Å². The van der Waals surface area contributed by atoms with E-state index >= 15 is 0 Å². The van der Waals surface area contributed by atoms with Crippen LogP contribution in [0.5, 0.6) is 0 Å². The normalized spacial score (nSPS) is 18.3. The van der Waals surface area contributed by atoms with Crippen LogP contribution in [0.4, 0.5) is 0 Å². The molecule has 0 amide bonds. The maximum Gasteiger partial charge on any atom is 0.184 e. The van der Waals surface area contributed by atoms with Crippen LogP contribution in [-0.4, -0.2) is 12.7 Å². The van der Waals surface area contributed by atoms with Gasteiger partial charge in [-0.1, -0.05) is 73.8 Å². The van der Waals surface area contributed by atoms with Gasteiger partial charge >= 0.3 is 0 Å². The minimum Gasteiger partial charge on any atom is -0.345 e. The first-order chi connectivity index (χ1) is 13.1. The van der Waals surface area contributed by atoms with Crippen LogP contribution in [0.1, 0.15) is 11.1 Å². The van der Waals surface area contributed by atoms with Gasteiger partial charge in [0.2, 0.25) is 0 Å². The average Bonchev–Trinajstić information content (AvgIpc) is 2.68. The lowest BCUT2D eigenvalue weighted by Gasteiger charge is -2.33. The first-order valence-electron chi connectivity index (χ1n) is 8.23. The molecule has 0 aliphatic carbocycles. The minimum atomic E-state index is -0.817. The van der Waals surface area contributed by atoms with Gasteiger partial charge in [0.25, 0.3) is 0 Å². The molecule has 0 fully saturated rings. The smallest absolute Gasteiger partial charge is 0.184 e. The van der Waals surface area contributed by atoms with Gasteiger partial charge < -0.3 is 5.32 Å². The van der Waals surface area contributed by atoms with Gasteiger partial charge in [0.1, 0.15) is 6.34 Å². The molecule has 4 rings (SSSR count). The third-order valence-corrected chi connectivity index (χ3v) is 5.50. The second-order valence-corrected chi connectivity index (χ2v) is 8.40. The molecule has 1 atom stereocenters. The molecule has 0 aromatic heterocycles. The second-order valence-electron chi connectivity index (χ2n) is 6.13. The molecule has 6 heteroatoms. The monoisotopic (exact) mass is 501 g/mol. The molecule has 3 nitrogen and oxygen atoms in total. The molecule has 0 saturated heterocycles. The summed E-state index contributed by atoms with van der Waals surface area (Å²) in [5, 5.41) is 3.99. The summed E-state index contributed by atoms with van der Waals surface area (Å²) in [4.78, 5) is 8.81. The molecule has 1 N–H and O–H groups in total. The Balaban J connectivity index is 1.93. The van der Waals surface area contributed by atoms with Crippen LogP contribution in [0.25, 0.3) is 11.1 Å². The van der Waals surface area contributed by atoms with Gasteiger partial charge in [-0.2, -0.15) is 0 Å². The number of rotatable bonds is 3. The molecule has 3 aromatic carbocycles. The third-order valence-electron chi connectivity index (χ3n) is 4.37. The van der Waals surface area contributed by atoms with Crippen LogP contribution in [0.2, 0.25) is 5.02 Å². The van der Waals surface area contributed by atoms with E-state index in [1.54, 1.807) is 12.7 Å². The molecular weight excluding hydrogens is 490 g/mol. The zero-order valence-electron chi connectivity index (χ0n) is 14.0. The van der Waals surface area contributed by atoms with E-state index in [4.69, 9.17) is 16.6 Å². The van der Waals surface area contributed by atoms with E-state index in [0.717, 1.165) is 31.2 Å². The van der Waals surface area contributed by atoms with Crippen LogP contribution in [-0.2, 0) is 5.66 Å². The van der Waals surface area contributed by atoms with Gasteiger partial charge in [-0.25, -0.2) is 9.98 Å². The SMILES string of the molecule is Clc1cc(-c2ccccc2)cc(C2(c3cc(Br)cc(Br)c3)N=CN=CN2)c1. The first-order valence-corrected chi connectivity index (χ1v) is 10.2. The Hall–Kier alpha value is -1.95. The predicted molar refractivity (Wildman–Crippen MR) is 120 cm³/mol. The van der Waals surface area contributed by atoms with Crippen LogP contribution >= 0.6 is 43.5 Å². The molecule has 1 aliphatic heterocycles. The zero-order valence-corrected chi connectivity index (χ0v) is 18.0. The van der Waals surface area contributed by atoms with Crippen molar-refractivity contribution in [3.8, 4) is 11.1 Å². The summed E-state index contributed by atoms with van der Waals surface area (Å²) in [5.41, 5.74) is 3.21. The maximum atomic E-state index is 6.50. The van der Waals surface area contributed by atoms with Gasteiger partial charge in [0.05, 0.1) is 6.34 Å². The van der Waals surface area contributed by atoms with Crippen molar-refractivity contribution in [1.82, 2.24) is 5.32 Å². The fourth-order valence-electron chi connectivity index (χ4n) is 3.16. The van der Waals surface area contributed by atoms with Gasteiger partial charge in [-0.15, -0.1) is 0 Å². The van der Waals surface area contributed by atoms with Crippen molar-refractivity contribution in [3.05, 3.63) is 91.8 Å². The van der Waals surface area contributed by atoms with E-state index < -0.39 is 5.66 Å². The lowest BCUT2D eigenvalue weighted by atomic mass is 9.89. The number of hydrogen-bond donors (Lipinski definition) is 1. The Morgan fingerprint density at radius 1 is 0.815 bits per heavy atom. The Morgan fingerprint density at radius 2 is 1.52 bits per heavy atom. The molecule has 1 heterocycles. The topological polar surface area (TPSA) is 36.8 Å². The van der Waals surface area contributed by atoms with Gasteiger partial charge in [0, 0.05) is 25.1 Å². The molecule has 0 bridgehead atoms. The second kappa shape index (κ2) is 7.58. The fraction of sp³-hybridized carbons (Fsp3) is 0.0476. The van der Waals surface area contributed by atoms with Crippen molar-refractivity contribution >= 4 is 56.1 Å². The van der Waals surface area contributed by atoms with E-state index in [9.17, 15) is 0 Å². The number of nitrogens with zero attached hydrogens (tertiary/aromatic N) is 2. The van der Waals surface area contributed by atoms with E-state index in [1.165, 1.54) is 0 Å². The van der Waals surface area contributed by atoms with Crippen molar-refractivity contribution in [1.29, 1.82) is 0 Å². The molecular formula is C21H14Br2ClN3. The molecule has 0 saturated carbocycles. The number of benzene rings is 3. The van der Waals surface area contributed by atoms with Gasteiger partial charge in [-0.05, 0) is 47.5 Å². The molecule has 1 unspecified atom stereocenters. The summed E-state index contributed by atoms with van der Waals surface area (Å²) < 4.78 is 1.91. The van der Waals surface area contributed by atoms with Crippen molar-refractivity contribution in [2.45, 2.75) is 5.66 Å². The number of aliphatic imine (C=N–C) groups is 2. The highest BCUT2D eigenvalue weighted by Gasteiger charge is 2.35. The summed E-state index contributed by atoms with van der Waals surface area (Å²) in [6.45, 7) is 0. The van der Waals surface area contributed by atoms with Gasteiger partial charge in [0.15, 0.2) is 5.66 Å². The molecule has 27 heavy (non-hydrogen) atoms. The zero-order chi connectivity index (χ0) is 18.9.